The fourth-order valence-electron chi connectivity index (χ4n) is 1.87. The first-order valence-corrected chi connectivity index (χ1v) is 6.30. The molecule has 0 saturated carbocycles. The Labute approximate surface area is 101 Å². The molecule has 7 heteroatoms. The van der Waals surface area contributed by atoms with Crippen molar-refractivity contribution in [2.75, 3.05) is 5.73 Å². The molecule has 0 spiro atoms. The summed E-state index contributed by atoms with van der Waals surface area (Å²) < 4.78 is 1.75. The molecule has 0 atom stereocenters. The van der Waals surface area contributed by atoms with Crippen LogP contribution < -0.4 is 5.73 Å². The molecule has 0 aliphatic carbocycles. The van der Waals surface area contributed by atoms with Crippen LogP contribution in [0.1, 0.15) is 19.0 Å². The summed E-state index contributed by atoms with van der Waals surface area (Å²) in [6.07, 6.45) is 3.66. The normalized spacial score (nSPS) is 11.4. The molecule has 88 valence electrons. The smallest absolute Gasteiger partial charge is 0.212 e. The zero-order valence-electron chi connectivity index (χ0n) is 9.34. The molecule has 17 heavy (non-hydrogen) atoms. The van der Waals surface area contributed by atoms with Crippen molar-refractivity contribution in [1.82, 2.24) is 25.0 Å². The molecule has 0 fully saturated rings. The average molecular weight is 248 g/mol. The van der Waals surface area contributed by atoms with Gasteiger partial charge in [0.1, 0.15) is 5.82 Å². The number of aromatic amines is 1. The van der Waals surface area contributed by atoms with Crippen molar-refractivity contribution in [2.45, 2.75) is 19.8 Å². The molecule has 0 aliphatic heterocycles. The van der Waals surface area contributed by atoms with Crippen LogP contribution in [0.25, 0.3) is 16.2 Å². The van der Waals surface area contributed by atoms with Gasteiger partial charge in [-0.25, -0.2) is 4.98 Å². The first-order valence-electron chi connectivity index (χ1n) is 5.42. The number of hydrogen-bond acceptors (Lipinski definition) is 5. The molecule has 3 aromatic heterocycles. The highest BCUT2D eigenvalue weighted by atomic mass is 32.1. The second-order valence-electron chi connectivity index (χ2n) is 3.76. The summed E-state index contributed by atoms with van der Waals surface area (Å²) >= 11 is 1.53. The average Bonchev–Trinajstić information content (AvgIpc) is 2.99. The summed E-state index contributed by atoms with van der Waals surface area (Å²) in [6.45, 7) is 2.12. The van der Waals surface area contributed by atoms with E-state index in [9.17, 15) is 0 Å². The van der Waals surface area contributed by atoms with E-state index in [0.717, 1.165) is 34.7 Å². The number of aromatic nitrogens is 5. The molecule has 0 amide bonds. The van der Waals surface area contributed by atoms with E-state index in [1.54, 1.807) is 10.9 Å². The van der Waals surface area contributed by atoms with Crippen molar-refractivity contribution < 1.29 is 0 Å². The number of fused-ring (bicyclic) bond motifs is 1. The number of aryl methyl sites for hydroxylation is 1. The van der Waals surface area contributed by atoms with E-state index in [2.05, 4.69) is 27.2 Å². The van der Waals surface area contributed by atoms with E-state index in [-0.39, 0.29) is 0 Å². The van der Waals surface area contributed by atoms with Gasteiger partial charge in [0.2, 0.25) is 5.13 Å². The maximum Gasteiger partial charge on any atom is 0.212 e. The highest BCUT2D eigenvalue weighted by molar-refractivity contribution is 7.12. The third-order valence-corrected chi connectivity index (χ3v) is 3.32. The minimum atomic E-state index is 0.575. The number of H-pyrrole nitrogens is 1. The van der Waals surface area contributed by atoms with Crippen LogP contribution in [0, 0.1) is 0 Å². The van der Waals surface area contributed by atoms with Crippen LogP contribution in [0.2, 0.25) is 0 Å². The molecule has 0 saturated heterocycles. The van der Waals surface area contributed by atoms with E-state index in [1.165, 1.54) is 11.3 Å². The molecule has 3 heterocycles. The number of thiazole rings is 1. The van der Waals surface area contributed by atoms with Crippen LogP contribution >= 0.6 is 11.3 Å². The lowest BCUT2D eigenvalue weighted by Gasteiger charge is -1.94. The predicted octanol–water partition coefficient (Wildman–Crippen LogP) is 1.74. The van der Waals surface area contributed by atoms with Crippen molar-refractivity contribution in [3.05, 3.63) is 17.3 Å². The SMILES string of the molecule is CCCc1nn(-c2nccs2)c2n[nH]c(N)c12. The lowest BCUT2D eigenvalue weighted by atomic mass is 10.2. The number of anilines is 1. The minimum absolute atomic E-state index is 0.575. The molecule has 0 aliphatic rings. The van der Waals surface area contributed by atoms with E-state index in [4.69, 9.17) is 5.73 Å². The highest BCUT2D eigenvalue weighted by Gasteiger charge is 2.17. The maximum absolute atomic E-state index is 5.89. The molecular weight excluding hydrogens is 236 g/mol. The summed E-state index contributed by atoms with van der Waals surface area (Å²) in [5.74, 6) is 0.575. The molecule has 0 unspecified atom stereocenters. The molecule has 0 radical (unpaired) electrons. The number of nitrogens with two attached hydrogens (primary N) is 1. The Kier molecular flexibility index (Phi) is 2.32. The van der Waals surface area contributed by atoms with Gasteiger partial charge in [0.05, 0.1) is 11.1 Å². The Morgan fingerprint density at radius 2 is 2.41 bits per heavy atom. The number of hydrogen-bond donors (Lipinski definition) is 2. The molecule has 0 aromatic carbocycles. The van der Waals surface area contributed by atoms with Crippen LogP contribution in [0.3, 0.4) is 0 Å². The standard InChI is InChI=1S/C10H12N6S/c1-2-3-6-7-8(11)13-14-9(7)16(15-6)10-12-4-5-17-10/h4-5H,2-3H2,1H3,(H3,11,13,14). The Balaban J connectivity index is 2.26. The van der Waals surface area contributed by atoms with Gasteiger partial charge in [-0.05, 0) is 6.42 Å². The van der Waals surface area contributed by atoms with Gasteiger partial charge in [0, 0.05) is 11.6 Å². The maximum atomic E-state index is 5.89. The van der Waals surface area contributed by atoms with Crippen molar-refractivity contribution in [3.63, 3.8) is 0 Å². The van der Waals surface area contributed by atoms with Gasteiger partial charge in [-0.3, -0.25) is 5.10 Å². The molecule has 3 aromatic rings. The number of nitrogens with zero attached hydrogens (tertiary/aromatic N) is 4. The Morgan fingerprint density at radius 3 is 3.12 bits per heavy atom. The topological polar surface area (TPSA) is 85.4 Å². The van der Waals surface area contributed by atoms with Gasteiger partial charge >= 0.3 is 0 Å². The number of nitrogens with one attached hydrogen (secondary N) is 1. The van der Waals surface area contributed by atoms with Crippen molar-refractivity contribution in [2.24, 2.45) is 0 Å². The van der Waals surface area contributed by atoms with E-state index >= 15 is 0 Å². The van der Waals surface area contributed by atoms with Gasteiger partial charge in [0.25, 0.3) is 0 Å². The van der Waals surface area contributed by atoms with E-state index in [1.807, 2.05) is 5.38 Å². The van der Waals surface area contributed by atoms with Gasteiger partial charge in [-0.2, -0.15) is 14.9 Å². The minimum Gasteiger partial charge on any atom is -0.383 e. The fraction of sp³-hybridized carbons (Fsp3) is 0.300. The third kappa shape index (κ3) is 1.50. The zero-order valence-corrected chi connectivity index (χ0v) is 10.2. The second-order valence-corrected chi connectivity index (χ2v) is 4.63. The van der Waals surface area contributed by atoms with Crippen LogP contribution in [0.4, 0.5) is 5.82 Å². The lowest BCUT2D eigenvalue weighted by molar-refractivity contribution is 0.805. The second kappa shape index (κ2) is 3.85. The summed E-state index contributed by atoms with van der Waals surface area (Å²) in [7, 11) is 0. The van der Waals surface area contributed by atoms with Crippen LogP contribution in [-0.2, 0) is 6.42 Å². The van der Waals surface area contributed by atoms with Gasteiger partial charge < -0.3 is 5.73 Å². The van der Waals surface area contributed by atoms with Crippen molar-refractivity contribution in [1.29, 1.82) is 0 Å². The number of rotatable bonds is 3. The fourth-order valence-corrected chi connectivity index (χ4v) is 2.46. The van der Waals surface area contributed by atoms with Gasteiger partial charge in [0.15, 0.2) is 5.65 Å². The monoisotopic (exact) mass is 248 g/mol. The zero-order chi connectivity index (χ0) is 11.8. The Bertz CT molecular complexity index is 635. The molecule has 3 rings (SSSR count). The molecule has 6 nitrogen and oxygen atoms in total. The first kappa shape index (κ1) is 10.3. The largest absolute Gasteiger partial charge is 0.383 e. The number of nitrogen functional groups attached to an aromatic ring is 1. The van der Waals surface area contributed by atoms with Crippen LogP contribution in [0.15, 0.2) is 11.6 Å². The highest BCUT2D eigenvalue weighted by Crippen LogP contribution is 2.26. The quantitative estimate of drug-likeness (QED) is 0.739. The van der Waals surface area contributed by atoms with Crippen molar-refractivity contribution >= 4 is 28.2 Å². The molecular formula is C10H12N6S. The van der Waals surface area contributed by atoms with Crippen LogP contribution in [0.5, 0.6) is 0 Å². The summed E-state index contributed by atoms with van der Waals surface area (Å²) in [6, 6.07) is 0. The van der Waals surface area contributed by atoms with Gasteiger partial charge in [-0.1, -0.05) is 13.3 Å². The summed E-state index contributed by atoms with van der Waals surface area (Å²) in [5, 5.41) is 15.2. The Morgan fingerprint density at radius 1 is 1.53 bits per heavy atom. The lowest BCUT2D eigenvalue weighted by Crippen LogP contribution is -1.98. The van der Waals surface area contributed by atoms with Crippen molar-refractivity contribution in [3.8, 4) is 5.13 Å². The molecule has 0 bridgehead atoms. The Hall–Kier alpha value is -1.89. The van der Waals surface area contributed by atoms with E-state index in [0.29, 0.717) is 5.82 Å². The van der Waals surface area contributed by atoms with E-state index < -0.39 is 0 Å². The first-order chi connectivity index (χ1) is 8.31. The molecule has 3 N–H and O–H groups in total. The summed E-state index contributed by atoms with van der Waals surface area (Å²) in [4.78, 5) is 4.24. The van der Waals surface area contributed by atoms with Gasteiger partial charge in [-0.15, -0.1) is 11.3 Å². The summed E-state index contributed by atoms with van der Waals surface area (Å²) in [5.41, 5.74) is 7.61. The van der Waals surface area contributed by atoms with Crippen LogP contribution in [-0.4, -0.2) is 25.0 Å². The predicted molar refractivity (Wildman–Crippen MR) is 67.3 cm³/mol. The third-order valence-electron chi connectivity index (χ3n) is 2.57.